The van der Waals surface area contributed by atoms with E-state index in [1.807, 2.05) is 27.7 Å². The fourth-order valence-corrected chi connectivity index (χ4v) is 4.80. The Morgan fingerprint density at radius 2 is 1.72 bits per heavy atom. The summed E-state index contributed by atoms with van der Waals surface area (Å²) in [7, 11) is -3.67. The average Bonchev–Trinajstić information content (AvgIpc) is 3.22. The minimum Gasteiger partial charge on any atom is -0.494 e. The van der Waals surface area contributed by atoms with Gasteiger partial charge >= 0.3 is 6.01 Å². The van der Waals surface area contributed by atoms with Gasteiger partial charge in [0.05, 0.1) is 4.90 Å². The Morgan fingerprint density at radius 1 is 1.06 bits per heavy atom. The van der Waals surface area contributed by atoms with Crippen LogP contribution in [-0.2, 0) is 19.5 Å². The maximum atomic E-state index is 13.1. The van der Waals surface area contributed by atoms with Crippen molar-refractivity contribution in [2.45, 2.75) is 32.6 Å². The van der Waals surface area contributed by atoms with Crippen LogP contribution in [0.15, 0.2) is 39.8 Å². The molecule has 0 bridgehead atoms. The standard InChI is InChI=1S/C21H28N4O6S/c1-14(2)11-25(12-15(3)4)32(27,28)17-7-5-16(6-8-17)19(26)22-21-24-23-20(31-21)18-13-29-9-10-30-18/h5-8,13-15H,9-12H2,1-4H3,(H,22,24,26). The molecule has 0 saturated heterocycles. The average molecular weight is 465 g/mol. The van der Waals surface area contributed by atoms with Gasteiger partial charge < -0.3 is 13.9 Å². The first kappa shape index (κ1) is 23.7. The molecule has 11 heteroatoms. The number of nitrogens with one attached hydrogen (secondary N) is 1. The largest absolute Gasteiger partial charge is 0.494 e. The Balaban J connectivity index is 1.71. The van der Waals surface area contributed by atoms with Crippen LogP contribution >= 0.6 is 0 Å². The summed E-state index contributed by atoms with van der Waals surface area (Å²) in [5.41, 5.74) is 0.249. The van der Waals surface area contributed by atoms with Crippen LogP contribution in [0.3, 0.4) is 0 Å². The molecule has 1 amide bonds. The minimum atomic E-state index is -3.67. The Morgan fingerprint density at radius 3 is 2.28 bits per heavy atom. The number of hydrogen-bond acceptors (Lipinski definition) is 8. The first-order chi connectivity index (χ1) is 15.2. The molecule has 1 aliphatic heterocycles. The molecule has 0 saturated carbocycles. The van der Waals surface area contributed by atoms with E-state index in [2.05, 4.69) is 15.5 Å². The SMILES string of the molecule is CC(C)CN(CC(C)C)S(=O)(=O)c1ccc(C(=O)Nc2nnc(C3=COCCO3)o2)cc1. The molecule has 1 N–H and O–H groups in total. The van der Waals surface area contributed by atoms with Crippen LogP contribution in [0.4, 0.5) is 6.01 Å². The number of hydrogen-bond donors (Lipinski definition) is 1. The van der Waals surface area contributed by atoms with Gasteiger partial charge in [0.25, 0.3) is 11.8 Å². The molecule has 10 nitrogen and oxygen atoms in total. The van der Waals surface area contributed by atoms with E-state index in [0.29, 0.717) is 26.3 Å². The molecule has 0 unspecified atom stereocenters. The van der Waals surface area contributed by atoms with E-state index >= 15 is 0 Å². The van der Waals surface area contributed by atoms with Gasteiger partial charge in [-0.3, -0.25) is 10.1 Å². The summed E-state index contributed by atoms with van der Waals surface area (Å²) in [6, 6.07) is 5.63. The van der Waals surface area contributed by atoms with Gasteiger partial charge in [0.2, 0.25) is 15.8 Å². The summed E-state index contributed by atoms with van der Waals surface area (Å²) in [5.74, 6) is 0.228. The summed E-state index contributed by atoms with van der Waals surface area (Å²) in [4.78, 5) is 12.7. The van der Waals surface area contributed by atoms with Gasteiger partial charge in [-0.2, -0.15) is 4.31 Å². The van der Waals surface area contributed by atoms with Crippen molar-refractivity contribution in [2.75, 3.05) is 31.6 Å². The maximum absolute atomic E-state index is 13.1. The zero-order chi connectivity index (χ0) is 23.3. The van der Waals surface area contributed by atoms with Crippen molar-refractivity contribution in [3.63, 3.8) is 0 Å². The molecule has 0 aliphatic carbocycles. The number of carbonyl (C=O) groups is 1. The molecular formula is C21H28N4O6S. The number of sulfonamides is 1. The van der Waals surface area contributed by atoms with Crippen LogP contribution in [0.5, 0.6) is 0 Å². The highest BCUT2D eigenvalue weighted by atomic mass is 32.2. The Labute approximate surface area is 187 Å². The third kappa shape index (κ3) is 5.86. The lowest BCUT2D eigenvalue weighted by Gasteiger charge is -2.25. The fourth-order valence-electron chi connectivity index (χ4n) is 3.04. The highest BCUT2D eigenvalue weighted by Gasteiger charge is 2.26. The molecule has 1 aromatic carbocycles. The van der Waals surface area contributed by atoms with E-state index in [0.717, 1.165) is 0 Å². The van der Waals surface area contributed by atoms with E-state index < -0.39 is 15.9 Å². The molecule has 174 valence electrons. The predicted molar refractivity (Wildman–Crippen MR) is 117 cm³/mol. The lowest BCUT2D eigenvalue weighted by Crippen LogP contribution is -2.37. The van der Waals surface area contributed by atoms with Gasteiger partial charge in [0.15, 0.2) is 0 Å². The number of rotatable bonds is 9. The van der Waals surface area contributed by atoms with Crippen LogP contribution in [0, 0.1) is 11.8 Å². The molecule has 0 fully saturated rings. The van der Waals surface area contributed by atoms with Crippen molar-refractivity contribution in [1.82, 2.24) is 14.5 Å². The third-order valence-corrected chi connectivity index (χ3v) is 6.24. The number of benzene rings is 1. The highest BCUT2D eigenvalue weighted by molar-refractivity contribution is 7.89. The smallest absolute Gasteiger partial charge is 0.322 e. The second-order valence-corrected chi connectivity index (χ2v) is 10.1. The van der Waals surface area contributed by atoms with E-state index in [1.54, 1.807) is 0 Å². The molecule has 1 aromatic heterocycles. The van der Waals surface area contributed by atoms with Crippen molar-refractivity contribution in [1.29, 1.82) is 0 Å². The molecule has 2 heterocycles. The monoisotopic (exact) mass is 464 g/mol. The predicted octanol–water partition coefficient (Wildman–Crippen LogP) is 2.97. The number of aromatic nitrogens is 2. The van der Waals surface area contributed by atoms with E-state index in [-0.39, 0.29) is 40.0 Å². The molecular weight excluding hydrogens is 436 g/mol. The van der Waals surface area contributed by atoms with Crippen LogP contribution in [0.1, 0.15) is 43.9 Å². The van der Waals surface area contributed by atoms with Crippen LogP contribution < -0.4 is 5.32 Å². The number of nitrogens with zero attached hydrogens (tertiary/aromatic N) is 3. The van der Waals surface area contributed by atoms with Gasteiger partial charge in [-0.05, 0) is 36.1 Å². The minimum absolute atomic E-state index is 0.0804. The summed E-state index contributed by atoms with van der Waals surface area (Å²) in [6.45, 7) is 9.54. The molecule has 32 heavy (non-hydrogen) atoms. The van der Waals surface area contributed by atoms with Crippen molar-refractivity contribution >= 4 is 27.7 Å². The van der Waals surface area contributed by atoms with Gasteiger partial charge in [-0.15, -0.1) is 5.10 Å². The van der Waals surface area contributed by atoms with E-state index in [1.165, 1.54) is 34.8 Å². The van der Waals surface area contributed by atoms with Gasteiger partial charge in [0.1, 0.15) is 19.5 Å². The zero-order valence-electron chi connectivity index (χ0n) is 18.6. The second-order valence-electron chi connectivity index (χ2n) is 8.20. The molecule has 0 spiro atoms. The normalized spacial score (nSPS) is 14.3. The summed E-state index contributed by atoms with van der Waals surface area (Å²) in [5, 5.41) is 10.1. The van der Waals surface area contributed by atoms with Crippen LogP contribution in [-0.4, -0.2) is 55.1 Å². The number of ether oxygens (including phenoxy) is 2. The number of anilines is 1. The zero-order valence-corrected chi connectivity index (χ0v) is 19.4. The van der Waals surface area contributed by atoms with Gasteiger partial charge in [-0.1, -0.05) is 32.8 Å². The van der Waals surface area contributed by atoms with Gasteiger partial charge in [0, 0.05) is 18.7 Å². The van der Waals surface area contributed by atoms with Crippen molar-refractivity contribution < 1.29 is 27.1 Å². The molecule has 0 atom stereocenters. The van der Waals surface area contributed by atoms with Crippen LogP contribution in [0.2, 0.25) is 0 Å². The van der Waals surface area contributed by atoms with E-state index in [4.69, 9.17) is 13.9 Å². The molecule has 1 aliphatic rings. The highest BCUT2D eigenvalue weighted by Crippen LogP contribution is 2.21. The van der Waals surface area contributed by atoms with Gasteiger partial charge in [-0.25, -0.2) is 8.42 Å². The fraction of sp³-hybridized carbons (Fsp3) is 0.476. The molecule has 0 radical (unpaired) electrons. The first-order valence-corrected chi connectivity index (χ1v) is 11.8. The first-order valence-electron chi connectivity index (χ1n) is 10.4. The Bertz CT molecular complexity index is 1050. The summed E-state index contributed by atoms with van der Waals surface area (Å²) in [6.07, 6.45) is 1.36. The Kier molecular flexibility index (Phi) is 7.52. The maximum Gasteiger partial charge on any atom is 0.322 e. The topological polar surface area (TPSA) is 124 Å². The van der Waals surface area contributed by atoms with Crippen molar-refractivity contribution in [3.05, 3.63) is 42.0 Å². The molecule has 2 aromatic rings. The van der Waals surface area contributed by atoms with E-state index in [9.17, 15) is 13.2 Å². The number of amides is 1. The van der Waals surface area contributed by atoms with Crippen LogP contribution in [0.25, 0.3) is 5.76 Å². The Hall–Kier alpha value is -2.92. The summed E-state index contributed by atoms with van der Waals surface area (Å²) < 4.78 is 43.5. The number of carbonyl (C=O) groups excluding carboxylic acids is 1. The molecule has 3 rings (SSSR count). The van der Waals surface area contributed by atoms with Crippen molar-refractivity contribution in [3.8, 4) is 0 Å². The van der Waals surface area contributed by atoms with Crippen molar-refractivity contribution in [2.24, 2.45) is 11.8 Å². The second kappa shape index (κ2) is 10.1. The lowest BCUT2D eigenvalue weighted by atomic mass is 10.2. The quantitative estimate of drug-likeness (QED) is 0.601. The summed E-state index contributed by atoms with van der Waals surface area (Å²) >= 11 is 0. The third-order valence-electron chi connectivity index (χ3n) is 4.40. The lowest BCUT2D eigenvalue weighted by molar-refractivity contribution is 0.102.